The quantitative estimate of drug-likeness (QED) is 0.888. The lowest BCUT2D eigenvalue weighted by atomic mass is 9.86. The van der Waals surface area contributed by atoms with Crippen LogP contribution in [0.2, 0.25) is 0 Å². The highest BCUT2D eigenvalue weighted by atomic mass is 16.2. The van der Waals surface area contributed by atoms with Crippen molar-refractivity contribution in [3.05, 3.63) is 47.8 Å². The molecule has 0 saturated heterocycles. The number of nitrogens with zero attached hydrogens (tertiary/aromatic N) is 2. The largest absolute Gasteiger partial charge is 0.355 e. The third kappa shape index (κ3) is 2.86. The zero-order chi connectivity index (χ0) is 16.6. The zero-order valence-corrected chi connectivity index (χ0v) is 13.9. The van der Waals surface area contributed by atoms with E-state index in [2.05, 4.69) is 20.6 Å². The number of hydrogen-bond donors (Lipinski definition) is 2. The second-order valence-corrected chi connectivity index (χ2v) is 7.04. The maximum atomic E-state index is 12.7. The lowest BCUT2D eigenvalue weighted by molar-refractivity contribution is -0.126. The second-order valence-electron chi connectivity index (χ2n) is 7.04. The minimum atomic E-state index is -0.555. The van der Waals surface area contributed by atoms with E-state index in [0.717, 1.165) is 36.3 Å². The van der Waals surface area contributed by atoms with E-state index in [1.165, 1.54) is 12.8 Å². The van der Waals surface area contributed by atoms with Gasteiger partial charge in [0.2, 0.25) is 11.9 Å². The molecule has 124 valence electrons. The van der Waals surface area contributed by atoms with Gasteiger partial charge in [0, 0.05) is 18.4 Å². The summed E-state index contributed by atoms with van der Waals surface area (Å²) in [6.07, 6.45) is 5.98. The van der Waals surface area contributed by atoms with Crippen LogP contribution in [0.1, 0.15) is 37.4 Å². The molecule has 24 heavy (non-hydrogen) atoms. The average molecular weight is 322 g/mol. The van der Waals surface area contributed by atoms with E-state index in [9.17, 15) is 4.79 Å². The summed E-state index contributed by atoms with van der Waals surface area (Å²) in [5, 5.41) is 6.33. The Hall–Kier alpha value is -2.43. The number of benzene rings is 1. The second kappa shape index (κ2) is 5.89. The fourth-order valence-corrected chi connectivity index (χ4v) is 3.26. The fourth-order valence-electron chi connectivity index (χ4n) is 3.26. The topological polar surface area (TPSA) is 66.9 Å². The SMILES string of the molecule is CC1(C(=O)NCC2CC2)CCc2cnc(Nc3ccccc3)nc21. The van der Waals surface area contributed by atoms with Crippen LogP contribution in [-0.2, 0) is 16.6 Å². The van der Waals surface area contributed by atoms with Crippen molar-refractivity contribution in [1.82, 2.24) is 15.3 Å². The molecule has 0 aliphatic heterocycles. The molecular formula is C19H22N4O. The number of aryl methyl sites for hydroxylation is 1. The molecule has 1 atom stereocenters. The summed E-state index contributed by atoms with van der Waals surface area (Å²) < 4.78 is 0. The van der Waals surface area contributed by atoms with Crippen molar-refractivity contribution in [3.8, 4) is 0 Å². The van der Waals surface area contributed by atoms with Gasteiger partial charge in [-0.05, 0) is 56.2 Å². The van der Waals surface area contributed by atoms with Crippen LogP contribution < -0.4 is 10.6 Å². The molecule has 2 aromatic rings. The summed E-state index contributed by atoms with van der Waals surface area (Å²) in [6.45, 7) is 2.80. The van der Waals surface area contributed by atoms with E-state index in [1.807, 2.05) is 43.5 Å². The molecule has 4 rings (SSSR count). The molecule has 5 heteroatoms. The number of carbonyl (C=O) groups is 1. The normalized spacial score (nSPS) is 22.0. The molecule has 0 bridgehead atoms. The first-order chi connectivity index (χ1) is 11.6. The van der Waals surface area contributed by atoms with Crippen LogP contribution in [-0.4, -0.2) is 22.4 Å². The van der Waals surface area contributed by atoms with Gasteiger partial charge in [-0.3, -0.25) is 4.79 Å². The minimum absolute atomic E-state index is 0.0949. The van der Waals surface area contributed by atoms with E-state index in [1.54, 1.807) is 0 Å². The number of fused-ring (bicyclic) bond motifs is 1. The minimum Gasteiger partial charge on any atom is -0.355 e. The van der Waals surface area contributed by atoms with Gasteiger partial charge in [0.15, 0.2) is 0 Å². The molecular weight excluding hydrogens is 300 g/mol. The fraction of sp³-hybridized carbons (Fsp3) is 0.421. The molecule has 2 N–H and O–H groups in total. The Kier molecular flexibility index (Phi) is 3.71. The molecule has 5 nitrogen and oxygen atoms in total. The molecule has 2 aliphatic rings. The Morgan fingerprint density at radius 2 is 2.08 bits per heavy atom. The van der Waals surface area contributed by atoms with Gasteiger partial charge in [-0.2, -0.15) is 0 Å². The number of amides is 1. The van der Waals surface area contributed by atoms with Gasteiger partial charge in [0.05, 0.1) is 11.1 Å². The van der Waals surface area contributed by atoms with Gasteiger partial charge in [0.1, 0.15) is 0 Å². The van der Waals surface area contributed by atoms with Crippen molar-refractivity contribution in [2.45, 2.75) is 38.0 Å². The first-order valence-corrected chi connectivity index (χ1v) is 8.62. The molecule has 1 amide bonds. The third-order valence-corrected chi connectivity index (χ3v) is 5.06. The van der Waals surface area contributed by atoms with Gasteiger partial charge in [-0.15, -0.1) is 0 Å². The predicted molar refractivity (Wildman–Crippen MR) is 93.2 cm³/mol. The van der Waals surface area contributed by atoms with Crippen molar-refractivity contribution in [2.24, 2.45) is 5.92 Å². The molecule has 1 fully saturated rings. The Morgan fingerprint density at radius 3 is 2.83 bits per heavy atom. The van der Waals surface area contributed by atoms with Crippen LogP contribution in [0.25, 0.3) is 0 Å². The van der Waals surface area contributed by atoms with E-state index in [4.69, 9.17) is 0 Å². The van der Waals surface area contributed by atoms with Crippen molar-refractivity contribution >= 4 is 17.5 Å². The van der Waals surface area contributed by atoms with Gasteiger partial charge in [-0.1, -0.05) is 18.2 Å². The average Bonchev–Trinajstić information content (AvgIpc) is 3.38. The summed E-state index contributed by atoms with van der Waals surface area (Å²) >= 11 is 0. The van der Waals surface area contributed by atoms with Crippen molar-refractivity contribution in [1.29, 1.82) is 0 Å². The number of nitrogens with one attached hydrogen (secondary N) is 2. The maximum absolute atomic E-state index is 12.7. The molecule has 1 aromatic carbocycles. The summed E-state index contributed by atoms with van der Waals surface area (Å²) in [6, 6.07) is 9.84. The van der Waals surface area contributed by atoms with E-state index >= 15 is 0 Å². The highest BCUT2D eigenvalue weighted by molar-refractivity contribution is 5.88. The first kappa shape index (κ1) is 15.1. The van der Waals surface area contributed by atoms with Crippen molar-refractivity contribution in [3.63, 3.8) is 0 Å². The number of hydrogen-bond acceptors (Lipinski definition) is 4. The van der Waals surface area contributed by atoms with Gasteiger partial charge in [0.25, 0.3) is 0 Å². The molecule has 1 saturated carbocycles. The maximum Gasteiger partial charge on any atom is 0.232 e. The molecule has 1 aromatic heterocycles. The number of aromatic nitrogens is 2. The number of anilines is 2. The van der Waals surface area contributed by atoms with Crippen LogP contribution >= 0.6 is 0 Å². The number of carbonyl (C=O) groups excluding carboxylic acids is 1. The van der Waals surface area contributed by atoms with Crippen LogP contribution in [0.4, 0.5) is 11.6 Å². The van der Waals surface area contributed by atoms with Crippen molar-refractivity contribution < 1.29 is 4.79 Å². The zero-order valence-electron chi connectivity index (χ0n) is 13.9. The standard InChI is InChI=1S/C19H22N4O/c1-19(17(24)20-11-13-7-8-13)10-9-14-12-21-18(23-16(14)19)22-15-5-3-2-4-6-15/h2-6,12-13H,7-11H2,1H3,(H,20,24)(H,21,22,23). The Labute approximate surface area is 141 Å². The summed E-state index contributed by atoms with van der Waals surface area (Å²) in [5.41, 5.74) is 2.33. The molecule has 1 unspecified atom stereocenters. The van der Waals surface area contributed by atoms with Crippen LogP contribution in [0.15, 0.2) is 36.5 Å². The highest BCUT2D eigenvalue weighted by Gasteiger charge is 2.43. The van der Waals surface area contributed by atoms with Gasteiger partial charge < -0.3 is 10.6 Å². The van der Waals surface area contributed by atoms with E-state index < -0.39 is 5.41 Å². The Balaban J connectivity index is 1.56. The lowest BCUT2D eigenvalue weighted by Crippen LogP contribution is -2.42. The Bertz CT molecular complexity index is 757. The third-order valence-electron chi connectivity index (χ3n) is 5.06. The summed E-state index contributed by atoms with van der Waals surface area (Å²) in [5.74, 6) is 1.32. The monoisotopic (exact) mass is 322 g/mol. The van der Waals surface area contributed by atoms with Gasteiger partial charge in [-0.25, -0.2) is 9.97 Å². The molecule has 0 radical (unpaired) electrons. The summed E-state index contributed by atoms with van der Waals surface area (Å²) in [7, 11) is 0. The van der Waals surface area contributed by atoms with Crippen molar-refractivity contribution in [2.75, 3.05) is 11.9 Å². The Morgan fingerprint density at radius 1 is 1.29 bits per heavy atom. The number of para-hydroxylation sites is 1. The van der Waals surface area contributed by atoms with E-state index in [-0.39, 0.29) is 5.91 Å². The van der Waals surface area contributed by atoms with E-state index in [0.29, 0.717) is 11.9 Å². The van der Waals surface area contributed by atoms with Crippen LogP contribution in [0.5, 0.6) is 0 Å². The van der Waals surface area contributed by atoms with Crippen LogP contribution in [0, 0.1) is 5.92 Å². The lowest BCUT2D eigenvalue weighted by Gasteiger charge is -2.23. The highest BCUT2D eigenvalue weighted by Crippen LogP contribution is 2.38. The number of rotatable bonds is 5. The smallest absolute Gasteiger partial charge is 0.232 e. The summed E-state index contributed by atoms with van der Waals surface area (Å²) in [4.78, 5) is 21.8. The predicted octanol–water partition coefficient (Wildman–Crippen LogP) is 2.95. The van der Waals surface area contributed by atoms with Gasteiger partial charge >= 0.3 is 0 Å². The molecule has 0 spiro atoms. The molecule has 2 aliphatic carbocycles. The van der Waals surface area contributed by atoms with Crippen LogP contribution in [0.3, 0.4) is 0 Å². The molecule has 1 heterocycles. The first-order valence-electron chi connectivity index (χ1n) is 8.62.